The van der Waals surface area contributed by atoms with Gasteiger partial charge >= 0.3 is 0 Å². The van der Waals surface area contributed by atoms with Crippen LogP contribution in [0.3, 0.4) is 0 Å². The van der Waals surface area contributed by atoms with E-state index in [0.717, 1.165) is 30.5 Å². The van der Waals surface area contributed by atoms with Gasteiger partial charge in [0.1, 0.15) is 5.15 Å². The summed E-state index contributed by atoms with van der Waals surface area (Å²) >= 11 is 12.7. The van der Waals surface area contributed by atoms with Crippen LogP contribution in [0.4, 0.5) is 0 Å². The monoisotopic (exact) mass is 492 g/mol. The van der Waals surface area contributed by atoms with Crippen LogP contribution in [-0.4, -0.2) is 16.6 Å². The van der Waals surface area contributed by atoms with Crippen LogP contribution in [0.25, 0.3) is 21.5 Å². The first-order valence-corrected chi connectivity index (χ1v) is 9.91. The smallest absolute Gasteiger partial charge is 0.221 e. The Hall–Kier alpha value is -1.69. The lowest BCUT2D eigenvalue weighted by Crippen LogP contribution is -1.94. The molecule has 0 unspecified atom stereocenters. The molecule has 0 saturated heterocycles. The molecule has 0 aliphatic carbocycles. The summed E-state index contributed by atoms with van der Waals surface area (Å²) in [6.45, 7) is 2.60. The summed E-state index contributed by atoms with van der Waals surface area (Å²) in [4.78, 5) is 8.18. The summed E-state index contributed by atoms with van der Waals surface area (Å²) in [5.74, 6) is 0.706. The molecule has 4 aromatic rings. The first-order chi connectivity index (χ1) is 12.6. The van der Waals surface area contributed by atoms with Crippen molar-refractivity contribution in [2.75, 3.05) is 6.61 Å². The van der Waals surface area contributed by atoms with Gasteiger partial charge in [0.15, 0.2) is 0 Å². The molecule has 0 amide bonds. The fraction of sp³-hybridized carbons (Fsp3) is 0.100. The van der Waals surface area contributed by atoms with E-state index >= 15 is 0 Å². The van der Waals surface area contributed by atoms with E-state index in [9.17, 15) is 0 Å². The quantitative estimate of drug-likeness (QED) is 0.280. The van der Waals surface area contributed by atoms with Crippen LogP contribution in [0, 0.1) is 0 Å². The van der Waals surface area contributed by atoms with E-state index in [4.69, 9.17) is 16.3 Å². The highest BCUT2D eigenvalue weighted by Crippen LogP contribution is 2.26. The molecule has 132 valence electrons. The molecule has 0 radical (unpaired) electrons. The van der Waals surface area contributed by atoms with Crippen molar-refractivity contribution < 1.29 is 4.74 Å². The molecule has 3 nitrogen and oxygen atoms in total. The first-order valence-electron chi connectivity index (χ1n) is 7.95. The highest BCUT2D eigenvalue weighted by Gasteiger charge is 2.02. The molecule has 0 fully saturated rings. The van der Waals surface area contributed by atoms with Crippen LogP contribution >= 0.6 is 43.5 Å². The summed E-state index contributed by atoms with van der Waals surface area (Å²) < 4.78 is 7.55. The predicted octanol–water partition coefficient (Wildman–Crippen LogP) is 7.05. The lowest BCUT2D eigenvalue weighted by Gasteiger charge is -2.05. The molecule has 4 rings (SSSR count). The number of hydrogen-bond acceptors (Lipinski definition) is 3. The number of benzene rings is 2. The number of halogens is 3. The number of ether oxygens (including phenoxy) is 1. The van der Waals surface area contributed by atoms with Crippen LogP contribution < -0.4 is 4.74 Å². The minimum atomic E-state index is 0.556. The molecule has 6 heteroatoms. The summed E-state index contributed by atoms with van der Waals surface area (Å²) in [5.41, 5.74) is 0. The third-order valence-corrected chi connectivity index (χ3v) is 4.94. The molecule has 2 aromatic carbocycles. The van der Waals surface area contributed by atoms with Gasteiger partial charge in [-0.25, -0.2) is 9.97 Å². The molecule has 0 bridgehead atoms. The standard InChI is InChI=1S/C11H10BrNO.C9H5BrClN/c1-2-14-11-10-4-3-9(12)7-8(10)5-6-13-11;10-7-1-2-8-6(5-7)3-4-12-9(8)11/h3-7H,2H2,1H3;1-5H. The van der Waals surface area contributed by atoms with Crippen LogP contribution in [0.2, 0.25) is 5.15 Å². The maximum absolute atomic E-state index is 5.88. The SMILES string of the molecule is CCOc1nccc2cc(Br)ccc12.Clc1nccc2cc(Br)ccc12. The Kier molecular flexibility index (Phi) is 6.46. The maximum Gasteiger partial charge on any atom is 0.221 e. The Balaban J connectivity index is 0.000000152. The summed E-state index contributed by atoms with van der Waals surface area (Å²) in [7, 11) is 0. The predicted molar refractivity (Wildman–Crippen MR) is 115 cm³/mol. The third-order valence-electron chi connectivity index (χ3n) is 3.65. The van der Waals surface area contributed by atoms with Gasteiger partial charge in [0, 0.05) is 32.1 Å². The van der Waals surface area contributed by atoms with Gasteiger partial charge in [0.05, 0.1) is 6.61 Å². The zero-order valence-corrected chi connectivity index (χ0v) is 17.8. The maximum atomic E-state index is 5.88. The highest BCUT2D eigenvalue weighted by molar-refractivity contribution is 9.10. The van der Waals surface area contributed by atoms with Crippen molar-refractivity contribution in [1.29, 1.82) is 0 Å². The van der Waals surface area contributed by atoms with Gasteiger partial charge in [-0.2, -0.15) is 0 Å². The Labute approximate surface area is 173 Å². The van der Waals surface area contributed by atoms with Gasteiger partial charge in [-0.05, 0) is 60.2 Å². The average Bonchev–Trinajstić information content (AvgIpc) is 2.62. The number of nitrogens with zero attached hydrogens (tertiary/aromatic N) is 2. The molecule has 0 aliphatic rings. The lowest BCUT2D eigenvalue weighted by atomic mass is 10.2. The van der Waals surface area contributed by atoms with Gasteiger partial charge < -0.3 is 4.74 Å². The van der Waals surface area contributed by atoms with Crippen molar-refractivity contribution in [3.05, 3.63) is 75.0 Å². The second-order valence-corrected chi connectivity index (χ2v) is 7.57. The van der Waals surface area contributed by atoms with E-state index in [1.165, 1.54) is 0 Å². The number of aromatic nitrogens is 2. The topological polar surface area (TPSA) is 35.0 Å². The summed E-state index contributed by atoms with van der Waals surface area (Å²) in [6, 6.07) is 15.9. The molecule has 2 heterocycles. The average molecular weight is 495 g/mol. The largest absolute Gasteiger partial charge is 0.478 e. The number of rotatable bonds is 2. The van der Waals surface area contributed by atoms with E-state index in [1.807, 2.05) is 49.4 Å². The zero-order chi connectivity index (χ0) is 18.5. The molecule has 0 spiro atoms. The van der Waals surface area contributed by atoms with Gasteiger partial charge in [-0.1, -0.05) is 49.5 Å². The van der Waals surface area contributed by atoms with Gasteiger partial charge in [-0.3, -0.25) is 0 Å². The van der Waals surface area contributed by atoms with Crippen LogP contribution in [0.5, 0.6) is 5.88 Å². The fourth-order valence-corrected chi connectivity index (χ4v) is 3.47. The van der Waals surface area contributed by atoms with E-state index in [1.54, 1.807) is 12.4 Å². The molecular formula is C20H15Br2ClN2O. The van der Waals surface area contributed by atoms with Crippen molar-refractivity contribution in [3.63, 3.8) is 0 Å². The van der Waals surface area contributed by atoms with Crippen molar-refractivity contribution in [3.8, 4) is 5.88 Å². The van der Waals surface area contributed by atoms with E-state index in [0.29, 0.717) is 17.6 Å². The third kappa shape index (κ3) is 4.53. The van der Waals surface area contributed by atoms with E-state index in [-0.39, 0.29) is 0 Å². The normalized spacial score (nSPS) is 10.5. The minimum Gasteiger partial charge on any atom is -0.478 e. The van der Waals surface area contributed by atoms with E-state index in [2.05, 4.69) is 47.9 Å². The Morgan fingerprint density at radius 1 is 0.846 bits per heavy atom. The number of fused-ring (bicyclic) bond motifs is 2. The summed E-state index contributed by atoms with van der Waals surface area (Å²) in [6.07, 6.45) is 3.47. The molecule has 2 aromatic heterocycles. The lowest BCUT2D eigenvalue weighted by molar-refractivity contribution is 0.331. The molecule has 26 heavy (non-hydrogen) atoms. The molecule has 0 atom stereocenters. The highest BCUT2D eigenvalue weighted by atomic mass is 79.9. The second kappa shape index (κ2) is 8.80. The number of pyridine rings is 2. The first kappa shape index (κ1) is 19.1. The van der Waals surface area contributed by atoms with Gasteiger partial charge in [0.2, 0.25) is 5.88 Å². The van der Waals surface area contributed by atoms with Crippen LogP contribution in [0.15, 0.2) is 69.9 Å². The fourth-order valence-electron chi connectivity index (χ4n) is 2.48. The summed E-state index contributed by atoms with van der Waals surface area (Å²) in [5, 5.41) is 4.84. The van der Waals surface area contributed by atoms with E-state index < -0.39 is 0 Å². The second-order valence-electron chi connectivity index (χ2n) is 5.38. The van der Waals surface area contributed by atoms with Crippen LogP contribution in [-0.2, 0) is 0 Å². The van der Waals surface area contributed by atoms with Crippen molar-refractivity contribution in [1.82, 2.24) is 9.97 Å². The van der Waals surface area contributed by atoms with Gasteiger partial charge in [-0.15, -0.1) is 0 Å². The molecule has 0 aliphatic heterocycles. The van der Waals surface area contributed by atoms with Crippen molar-refractivity contribution in [2.45, 2.75) is 6.92 Å². The van der Waals surface area contributed by atoms with Gasteiger partial charge in [0.25, 0.3) is 0 Å². The Bertz CT molecular complexity index is 1060. The molecule has 0 saturated carbocycles. The molecular weight excluding hydrogens is 479 g/mol. The van der Waals surface area contributed by atoms with Crippen LogP contribution in [0.1, 0.15) is 6.92 Å². The zero-order valence-electron chi connectivity index (χ0n) is 13.9. The Morgan fingerprint density at radius 2 is 1.42 bits per heavy atom. The molecule has 0 N–H and O–H groups in total. The number of hydrogen-bond donors (Lipinski definition) is 0. The Morgan fingerprint density at radius 3 is 2.08 bits per heavy atom. The van der Waals surface area contributed by atoms with Crippen molar-refractivity contribution >= 4 is 65.0 Å². The van der Waals surface area contributed by atoms with Crippen molar-refractivity contribution in [2.24, 2.45) is 0 Å². The minimum absolute atomic E-state index is 0.556.